The van der Waals surface area contributed by atoms with Gasteiger partial charge < -0.3 is 19.3 Å². The highest BCUT2D eigenvalue weighted by atomic mass is 32.1. The molecule has 4 heterocycles. The van der Waals surface area contributed by atoms with Crippen LogP contribution in [0.1, 0.15) is 33.3 Å². The number of nitrogens with one attached hydrogen (secondary N) is 1. The molecule has 3 saturated heterocycles. The van der Waals surface area contributed by atoms with Gasteiger partial charge in [-0.25, -0.2) is 4.79 Å². The first kappa shape index (κ1) is 22.3. The van der Waals surface area contributed by atoms with Gasteiger partial charge in [-0.05, 0) is 34.7 Å². The van der Waals surface area contributed by atoms with E-state index in [-0.39, 0.29) is 11.3 Å². The first-order valence-electron chi connectivity index (χ1n) is 12.1. The minimum atomic E-state index is -0.516. The van der Waals surface area contributed by atoms with Crippen molar-refractivity contribution < 1.29 is 23.5 Å². The number of thiophene rings is 1. The molecular weight excluding hydrogens is 460 g/mol. The summed E-state index contributed by atoms with van der Waals surface area (Å²) in [5, 5.41) is 5.23. The normalized spacial score (nSPS) is 28.7. The number of amides is 1. The Hall–Kier alpha value is -3.16. The molecule has 35 heavy (non-hydrogen) atoms. The zero-order chi connectivity index (χ0) is 24.0. The molecule has 5 unspecified atom stereocenters. The first-order valence-corrected chi connectivity index (χ1v) is 13.0. The van der Waals surface area contributed by atoms with Crippen molar-refractivity contribution in [2.75, 3.05) is 33.3 Å². The Balaban J connectivity index is 1.17. The third kappa shape index (κ3) is 3.93. The number of carbonyl (C=O) groups excluding carboxylic acids is 2. The largest absolute Gasteiger partial charge is 0.497 e. The molecule has 1 N–H and O–H groups in total. The van der Waals surface area contributed by atoms with Crippen LogP contribution in [0.5, 0.6) is 5.75 Å². The van der Waals surface area contributed by atoms with Crippen molar-refractivity contribution in [2.45, 2.75) is 18.1 Å². The first-order chi connectivity index (χ1) is 17.0. The average molecular weight is 490 g/mol. The third-order valence-electron chi connectivity index (χ3n) is 8.15. The molecule has 1 aliphatic carbocycles. The van der Waals surface area contributed by atoms with E-state index in [1.807, 2.05) is 72.1 Å². The van der Waals surface area contributed by atoms with Crippen molar-refractivity contribution in [3.8, 4) is 5.75 Å². The highest BCUT2D eigenvalue weighted by molar-refractivity contribution is 7.12. The molecule has 180 valence electrons. The summed E-state index contributed by atoms with van der Waals surface area (Å²) in [4.78, 5) is 27.0. The number of ether oxygens (including phenoxy) is 2. The Morgan fingerprint density at radius 2 is 1.83 bits per heavy atom. The van der Waals surface area contributed by atoms with E-state index in [0.717, 1.165) is 52.3 Å². The van der Waals surface area contributed by atoms with Crippen LogP contribution in [0, 0.1) is 11.8 Å². The molecule has 0 radical (unpaired) electrons. The highest BCUT2D eigenvalue weighted by Crippen LogP contribution is 2.63. The fraction of sp³-hybridized carbons (Fsp3) is 0.357. The van der Waals surface area contributed by atoms with Gasteiger partial charge in [0.1, 0.15) is 24.4 Å². The Kier molecular flexibility index (Phi) is 5.42. The van der Waals surface area contributed by atoms with Gasteiger partial charge in [0.25, 0.3) is 0 Å². The van der Waals surface area contributed by atoms with E-state index >= 15 is 0 Å². The SMILES string of the molecule is COc1ccc(C(OC(=O)NC23C[N+]4(CC(=O)c5cccs5)CCC2C3C4)c2ccccc2)cc1. The molecule has 5 atom stereocenters. The number of nitrogens with zero attached hydrogens (tertiary/aromatic N) is 1. The van der Waals surface area contributed by atoms with Crippen molar-refractivity contribution in [3.05, 3.63) is 88.1 Å². The van der Waals surface area contributed by atoms with Crippen LogP contribution in [0.3, 0.4) is 0 Å². The number of hydrogen-bond acceptors (Lipinski definition) is 5. The molecule has 1 amide bonds. The van der Waals surface area contributed by atoms with Gasteiger partial charge in [0, 0.05) is 18.3 Å². The monoisotopic (exact) mass is 489 g/mol. The van der Waals surface area contributed by atoms with Gasteiger partial charge in [0.05, 0.1) is 25.1 Å². The summed E-state index contributed by atoms with van der Waals surface area (Å²) in [6.45, 7) is 3.30. The maximum atomic E-state index is 13.3. The molecule has 4 bridgehead atoms. The minimum absolute atomic E-state index is 0.209. The van der Waals surface area contributed by atoms with Gasteiger partial charge in [-0.3, -0.25) is 4.79 Å². The van der Waals surface area contributed by atoms with Crippen LogP contribution in [0.25, 0.3) is 0 Å². The van der Waals surface area contributed by atoms with E-state index in [1.165, 1.54) is 11.3 Å². The number of rotatable bonds is 8. The standard InChI is InChI=1S/C28H28N2O4S/c1-33-21-11-9-20(10-12-21)26(19-6-3-2-4-7-19)34-27(32)29-28-18-30(14-13-22(28)23(28)16-30)17-24(31)25-8-5-15-35-25/h2-12,15,22-23,26H,13-14,16-18H2,1H3/p+1. The number of methoxy groups -OCH3 is 1. The molecule has 3 aliphatic heterocycles. The molecular formula is C28H29N2O4S+. The number of benzene rings is 2. The van der Waals surface area contributed by atoms with Crippen molar-refractivity contribution in [2.24, 2.45) is 11.8 Å². The average Bonchev–Trinajstić information content (AvgIpc) is 3.23. The molecule has 1 saturated carbocycles. The van der Waals surface area contributed by atoms with Crippen LogP contribution in [0.15, 0.2) is 72.1 Å². The molecule has 1 aromatic heterocycles. The van der Waals surface area contributed by atoms with Gasteiger partial charge >= 0.3 is 6.09 Å². The summed E-state index contributed by atoms with van der Waals surface area (Å²) in [6.07, 6.45) is 0.135. The van der Waals surface area contributed by atoms with E-state index in [0.29, 0.717) is 18.4 Å². The smallest absolute Gasteiger partial charge is 0.408 e. The Labute approximate surface area is 209 Å². The highest BCUT2D eigenvalue weighted by Gasteiger charge is 2.78. The van der Waals surface area contributed by atoms with Crippen LogP contribution in [0.2, 0.25) is 0 Å². The number of piperidine rings is 3. The lowest BCUT2D eigenvalue weighted by molar-refractivity contribution is -0.921. The number of ketones is 1. The van der Waals surface area contributed by atoms with Gasteiger partial charge in [-0.1, -0.05) is 48.5 Å². The van der Waals surface area contributed by atoms with Crippen LogP contribution >= 0.6 is 11.3 Å². The predicted octanol–water partition coefficient (Wildman–Crippen LogP) is 4.67. The van der Waals surface area contributed by atoms with Crippen LogP contribution < -0.4 is 10.1 Å². The number of carbonyl (C=O) groups is 2. The summed E-state index contributed by atoms with van der Waals surface area (Å²) in [6, 6.07) is 21.2. The van der Waals surface area contributed by atoms with Gasteiger partial charge in [0.2, 0.25) is 5.78 Å². The van der Waals surface area contributed by atoms with Crippen LogP contribution in [0.4, 0.5) is 4.79 Å². The maximum absolute atomic E-state index is 13.3. The zero-order valence-corrected chi connectivity index (χ0v) is 20.5. The van der Waals surface area contributed by atoms with Crippen LogP contribution in [-0.4, -0.2) is 55.2 Å². The van der Waals surface area contributed by atoms with Crippen molar-refractivity contribution in [1.82, 2.24) is 5.32 Å². The summed E-state index contributed by atoms with van der Waals surface area (Å²) in [5.41, 5.74) is 1.56. The molecule has 4 fully saturated rings. The molecule has 2 aromatic carbocycles. The van der Waals surface area contributed by atoms with Gasteiger partial charge in [-0.15, -0.1) is 11.3 Å². The van der Waals surface area contributed by atoms with E-state index in [1.54, 1.807) is 7.11 Å². The van der Waals surface area contributed by atoms with E-state index < -0.39 is 12.2 Å². The topological polar surface area (TPSA) is 64.6 Å². The number of quaternary nitrogens is 1. The lowest BCUT2D eigenvalue weighted by Gasteiger charge is -2.41. The minimum Gasteiger partial charge on any atom is -0.497 e. The van der Waals surface area contributed by atoms with Gasteiger partial charge in [-0.2, -0.15) is 0 Å². The third-order valence-corrected chi connectivity index (χ3v) is 9.06. The van der Waals surface area contributed by atoms with Crippen molar-refractivity contribution in [1.29, 1.82) is 0 Å². The molecule has 6 nitrogen and oxygen atoms in total. The fourth-order valence-electron chi connectivity index (χ4n) is 6.51. The number of fused-ring (bicyclic) bond motifs is 1. The molecule has 7 rings (SSSR count). The Morgan fingerprint density at radius 1 is 1.06 bits per heavy atom. The number of Topliss-reactive ketones (excluding diaryl/α,β-unsaturated/α-hetero) is 1. The van der Waals surface area contributed by atoms with Crippen LogP contribution in [-0.2, 0) is 4.74 Å². The molecule has 7 heteroatoms. The second kappa shape index (κ2) is 8.50. The summed E-state index contributed by atoms with van der Waals surface area (Å²) >= 11 is 1.51. The molecule has 3 aromatic rings. The lowest BCUT2D eigenvalue weighted by Crippen LogP contribution is -2.59. The number of hydrogen-bond donors (Lipinski definition) is 1. The van der Waals surface area contributed by atoms with E-state index in [9.17, 15) is 9.59 Å². The van der Waals surface area contributed by atoms with E-state index in [4.69, 9.17) is 9.47 Å². The second-order valence-corrected chi connectivity index (χ2v) is 11.0. The predicted molar refractivity (Wildman–Crippen MR) is 134 cm³/mol. The molecule has 0 spiro atoms. The van der Waals surface area contributed by atoms with E-state index in [2.05, 4.69) is 5.32 Å². The zero-order valence-electron chi connectivity index (χ0n) is 19.7. The maximum Gasteiger partial charge on any atom is 0.408 e. The van der Waals surface area contributed by atoms with Crippen molar-refractivity contribution in [3.63, 3.8) is 0 Å². The molecule has 4 aliphatic rings. The summed E-state index contributed by atoms with van der Waals surface area (Å²) in [5.74, 6) is 1.88. The Morgan fingerprint density at radius 3 is 2.54 bits per heavy atom. The number of alkyl carbamates (subject to hydrolysis) is 1. The lowest BCUT2D eigenvalue weighted by atomic mass is 10.0. The Bertz CT molecular complexity index is 1230. The summed E-state index contributed by atoms with van der Waals surface area (Å²) < 4.78 is 12.1. The summed E-state index contributed by atoms with van der Waals surface area (Å²) in [7, 11) is 1.63. The second-order valence-electron chi connectivity index (χ2n) is 10.1. The van der Waals surface area contributed by atoms with Gasteiger partial charge in [0.15, 0.2) is 6.10 Å². The van der Waals surface area contributed by atoms with Crippen molar-refractivity contribution >= 4 is 23.2 Å². The quantitative estimate of drug-likeness (QED) is 0.369. The fourth-order valence-corrected chi connectivity index (χ4v) is 7.17.